The first-order valence-electron chi connectivity index (χ1n) is 9.23. The quantitative estimate of drug-likeness (QED) is 0.734. The Kier molecular flexibility index (Phi) is 9.27. The van der Waals surface area contributed by atoms with E-state index in [1.54, 1.807) is 4.90 Å². The lowest BCUT2D eigenvalue weighted by Crippen LogP contribution is -2.54. The Hall–Kier alpha value is -1.48. The molecule has 2 aliphatic rings. The highest BCUT2D eigenvalue weighted by Gasteiger charge is 2.43. The minimum Gasteiger partial charge on any atom is -0.339 e. The molecular formula is C19H28Cl2F2N4O2. The lowest BCUT2D eigenvalue weighted by molar-refractivity contribution is -0.135. The van der Waals surface area contributed by atoms with Crippen LogP contribution in [0.3, 0.4) is 0 Å². The van der Waals surface area contributed by atoms with Gasteiger partial charge in [-0.1, -0.05) is 12.1 Å². The van der Waals surface area contributed by atoms with Gasteiger partial charge in [-0.3, -0.25) is 19.8 Å². The van der Waals surface area contributed by atoms with Crippen molar-refractivity contribution in [2.24, 2.45) is 0 Å². The number of rotatable bonds is 4. The maximum atomic E-state index is 13.3. The number of nitrogens with zero attached hydrogens (tertiary/aromatic N) is 2. The molecule has 1 aromatic rings. The molecule has 2 aliphatic heterocycles. The average Bonchev–Trinajstić information content (AvgIpc) is 2.99. The highest BCUT2D eigenvalue weighted by molar-refractivity contribution is 5.93. The Balaban J connectivity index is 0.00000210. The van der Waals surface area contributed by atoms with Gasteiger partial charge in [-0.2, -0.15) is 0 Å². The molecule has 0 spiro atoms. The van der Waals surface area contributed by atoms with E-state index >= 15 is 0 Å². The van der Waals surface area contributed by atoms with Crippen LogP contribution in [0.5, 0.6) is 0 Å². The van der Waals surface area contributed by atoms with E-state index in [1.807, 2.05) is 36.9 Å². The van der Waals surface area contributed by atoms with Crippen LogP contribution in [0.2, 0.25) is 0 Å². The number of halogens is 4. The minimum absolute atomic E-state index is 0. The maximum Gasteiger partial charge on any atom is 0.262 e. The second kappa shape index (κ2) is 10.5. The third-order valence-corrected chi connectivity index (χ3v) is 5.34. The van der Waals surface area contributed by atoms with Gasteiger partial charge in [-0.05, 0) is 31.0 Å². The summed E-state index contributed by atoms with van der Waals surface area (Å²) in [6, 6.07) is 4.97. The molecule has 0 radical (unpaired) electrons. The van der Waals surface area contributed by atoms with Crippen LogP contribution >= 0.6 is 24.8 Å². The topological polar surface area (TPSA) is 64.7 Å². The Morgan fingerprint density at radius 3 is 2.41 bits per heavy atom. The van der Waals surface area contributed by atoms with Gasteiger partial charge in [0, 0.05) is 38.3 Å². The molecule has 2 saturated heterocycles. The van der Waals surface area contributed by atoms with Gasteiger partial charge in [0.15, 0.2) is 0 Å². The number of carbonyl (C=O) groups is 2. The third kappa shape index (κ3) is 6.50. The molecule has 10 heteroatoms. The van der Waals surface area contributed by atoms with E-state index in [0.717, 1.165) is 16.8 Å². The van der Waals surface area contributed by atoms with Gasteiger partial charge in [0.1, 0.15) is 0 Å². The second-order valence-corrected chi connectivity index (χ2v) is 7.39. The molecule has 0 saturated carbocycles. The van der Waals surface area contributed by atoms with Crippen LogP contribution in [0.4, 0.5) is 14.5 Å². The van der Waals surface area contributed by atoms with Crippen molar-refractivity contribution in [1.82, 2.24) is 15.1 Å². The Bertz CT molecular complexity index is 728. The van der Waals surface area contributed by atoms with E-state index in [2.05, 4.69) is 10.6 Å². The SMILES string of the molecule is Cc1cccc(NC(=O)CN2CCN(C(=O)C3CC(F)(F)CN3)CC2)c1C.Cl.Cl. The fourth-order valence-corrected chi connectivity index (χ4v) is 3.52. The van der Waals surface area contributed by atoms with E-state index in [-0.39, 0.29) is 43.2 Å². The molecule has 0 aromatic heterocycles. The molecule has 2 heterocycles. The summed E-state index contributed by atoms with van der Waals surface area (Å²) in [6.45, 7) is 5.76. The van der Waals surface area contributed by atoms with E-state index in [1.165, 1.54) is 0 Å². The minimum atomic E-state index is -2.81. The van der Waals surface area contributed by atoms with Crippen LogP contribution in [0.25, 0.3) is 0 Å². The Morgan fingerprint density at radius 2 is 1.83 bits per heavy atom. The predicted octanol–water partition coefficient (Wildman–Crippen LogP) is 2.23. The Labute approximate surface area is 182 Å². The molecule has 164 valence electrons. The van der Waals surface area contributed by atoms with Gasteiger partial charge >= 0.3 is 0 Å². The molecule has 0 bridgehead atoms. The van der Waals surface area contributed by atoms with Gasteiger partial charge in [0.25, 0.3) is 5.92 Å². The van der Waals surface area contributed by atoms with Crippen molar-refractivity contribution < 1.29 is 18.4 Å². The van der Waals surface area contributed by atoms with Crippen molar-refractivity contribution in [3.05, 3.63) is 29.3 Å². The fraction of sp³-hybridized carbons (Fsp3) is 0.579. The van der Waals surface area contributed by atoms with Gasteiger partial charge < -0.3 is 10.2 Å². The molecule has 29 heavy (non-hydrogen) atoms. The summed E-state index contributed by atoms with van der Waals surface area (Å²) >= 11 is 0. The summed E-state index contributed by atoms with van der Waals surface area (Å²) in [7, 11) is 0. The highest BCUT2D eigenvalue weighted by Crippen LogP contribution is 2.26. The van der Waals surface area contributed by atoms with Gasteiger partial charge in [0.05, 0.1) is 19.1 Å². The molecule has 1 aromatic carbocycles. The molecule has 0 aliphatic carbocycles. The van der Waals surface area contributed by atoms with Crippen molar-refractivity contribution in [3.63, 3.8) is 0 Å². The van der Waals surface area contributed by atoms with E-state index in [4.69, 9.17) is 0 Å². The van der Waals surface area contributed by atoms with Crippen LogP contribution in [-0.2, 0) is 9.59 Å². The molecule has 2 fully saturated rings. The first kappa shape index (κ1) is 25.6. The predicted molar refractivity (Wildman–Crippen MR) is 113 cm³/mol. The molecular weight excluding hydrogens is 425 g/mol. The zero-order valence-corrected chi connectivity index (χ0v) is 18.2. The molecule has 2 N–H and O–H groups in total. The number of nitrogens with one attached hydrogen (secondary N) is 2. The first-order valence-corrected chi connectivity index (χ1v) is 9.23. The van der Waals surface area contributed by atoms with E-state index < -0.39 is 24.9 Å². The van der Waals surface area contributed by atoms with Crippen molar-refractivity contribution in [2.45, 2.75) is 32.2 Å². The van der Waals surface area contributed by atoms with Crippen LogP contribution in [0.15, 0.2) is 18.2 Å². The monoisotopic (exact) mass is 452 g/mol. The number of hydrogen-bond donors (Lipinski definition) is 2. The normalized spacial score (nSPS) is 21.1. The van der Waals surface area contributed by atoms with Gasteiger partial charge in [-0.25, -0.2) is 8.78 Å². The zero-order chi connectivity index (χ0) is 19.6. The lowest BCUT2D eigenvalue weighted by atomic mass is 10.1. The number of piperazine rings is 1. The second-order valence-electron chi connectivity index (χ2n) is 7.39. The Morgan fingerprint density at radius 1 is 1.17 bits per heavy atom. The van der Waals surface area contributed by atoms with Gasteiger partial charge in [-0.15, -0.1) is 24.8 Å². The highest BCUT2D eigenvalue weighted by atomic mass is 35.5. The van der Waals surface area contributed by atoms with Gasteiger partial charge in [0.2, 0.25) is 11.8 Å². The first-order chi connectivity index (χ1) is 12.7. The molecule has 3 rings (SSSR count). The van der Waals surface area contributed by atoms with E-state index in [9.17, 15) is 18.4 Å². The standard InChI is InChI=1S/C19H26F2N4O2.2ClH/c1-13-4-3-5-15(14(13)2)23-17(26)11-24-6-8-25(9-7-24)18(27)16-10-19(20,21)12-22-16;;/h3-5,16,22H,6-12H2,1-2H3,(H,23,26);2*1H. The van der Waals surface area contributed by atoms with Crippen LogP contribution in [-0.4, -0.2) is 72.8 Å². The van der Waals surface area contributed by atoms with Crippen LogP contribution < -0.4 is 10.6 Å². The summed E-state index contributed by atoms with van der Waals surface area (Å²) in [4.78, 5) is 28.3. The third-order valence-electron chi connectivity index (χ3n) is 5.34. The number of carbonyl (C=O) groups excluding carboxylic acids is 2. The number of aryl methyl sites for hydroxylation is 1. The molecule has 1 atom stereocenters. The number of anilines is 1. The number of hydrogen-bond acceptors (Lipinski definition) is 4. The van der Waals surface area contributed by atoms with Crippen molar-refractivity contribution in [3.8, 4) is 0 Å². The largest absolute Gasteiger partial charge is 0.339 e. The average molecular weight is 453 g/mol. The number of amides is 2. The van der Waals surface area contributed by atoms with Crippen molar-refractivity contribution in [1.29, 1.82) is 0 Å². The van der Waals surface area contributed by atoms with Crippen molar-refractivity contribution >= 4 is 42.3 Å². The summed E-state index contributed by atoms with van der Waals surface area (Å²) in [6.07, 6.45) is -0.440. The fourth-order valence-electron chi connectivity index (χ4n) is 3.52. The zero-order valence-electron chi connectivity index (χ0n) is 16.5. The molecule has 1 unspecified atom stereocenters. The summed E-state index contributed by atoms with van der Waals surface area (Å²) in [5.41, 5.74) is 2.97. The number of alkyl halides is 2. The smallest absolute Gasteiger partial charge is 0.262 e. The maximum absolute atomic E-state index is 13.3. The summed E-state index contributed by atoms with van der Waals surface area (Å²) in [5, 5.41) is 5.54. The number of benzene rings is 1. The summed E-state index contributed by atoms with van der Waals surface area (Å²) in [5.74, 6) is -3.18. The summed E-state index contributed by atoms with van der Waals surface area (Å²) < 4.78 is 26.5. The lowest BCUT2D eigenvalue weighted by Gasteiger charge is -2.35. The molecule has 2 amide bonds. The molecule has 6 nitrogen and oxygen atoms in total. The van der Waals surface area contributed by atoms with Crippen LogP contribution in [0.1, 0.15) is 17.5 Å². The van der Waals surface area contributed by atoms with Crippen molar-refractivity contribution in [2.75, 3.05) is 44.6 Å². The van der Waals surface area contributed by atoms with Crippen LogP contribution in [0, 0.1) is 13.8 Å². The van der Waals surface area contributed by atoms with E-state index in [0.29, 0.717) is 26.2 Å².